The van der Waals surface area contributed by atoms with Crippen LogP contribution in [0.1, 0.15) is 35.8 Å². The molecule has 1 N–H and O–H groups in total. The summed E-state index contributed by atoms with van der Waals surface area (Å²) in [5.74, 6) is 1.55. The molecule has 1 fully saturated rings. The Balaban J connectivity index is 0.00000243. The van der Waals surface area contributed by atoms with Crippen LogP contribution in [0.5, 0.6) is 5.75 Å². The van der Waals surface area contributed by atoms with Crippen LogP contribution in [0.2, 0.25) is 0 Å². The monoisotopic (exact) mass is 378 g/mol. The van der Waals surface area contributed by atoms with Gasteiger partial charge in [0.25, 0.3) is 5.91 Å². The van der Waals surface area contributed by atoms with Crippen LogP contribution < -0.4 is 10.1 Å². The second-order valence-electron chi connectivity index (χ2n) is 6.57. The van der Waals surface area contributed by atoms with Gasteiger partial charge in [-0.25, -0.2) is 0 Å². The van der Waals surface area contributed by atoms with Crippen LogP contribution in [0.4, 0.5) is 0 Å². The number of likely N-dealkylation sites (tertiary alicyclic amines) is 1. The Hall–Kier alpha value is -1.98. The van der Waals surface area contributed by atoms with Crippen molar-refractivity contribution in [1.82, 2.24) is 10.2 Å². The van der Waals surface area contributed by atoms with E-state index in [-0.39, 0.29) is 31.0 Å². The Labute approximate surface area is 161 Å². The molecule has 142 valence electrons. The third kappa shape index (κ3) is 5.02. The molecule has 1 aliphatic rings. The van der Waals surface area contributed by atoms with Crippen molar-refractivity contribution in [3.8, 4) is 5.75 Å². The van der Waals surface area contributed by atoms with E-state index in [1.807, 2.05) is 44.2 Å². The maximum absolute atomic E-state index is 12.2. The number of furan rings is 1. The summed E-state index contributed by atoms with van der Waals surface area (Å²) in [6.45, 7) is 6.67. The predicted molar refractivity (Wildman–Crippen MR) is 104 cm³/mol. The van der Waals surface area contributed by atoms with Gasteiger partial charge >= 0.3 is 0 Å². The molecule has 2 aromatic rings. The zero-order chi connectivity index (χ0) is 17.6. The first-order chi connectivity index (χ1) is 12.1. The highest BCUT2D eigenvalue weighted by atomic mass is 35.5. The molecule has 0 bridgehead atoms. The van der Waals surface area contributed by atoms with Crippen LogP contribution in [0.3, 0.4) is 0 Å². The molecular formula is C20H27ClN2O3. The standard InChI is InChI=1S/C20H26N2O3.ClH/c1-15-7-5-8-18(16(15)2)25-14-20(23)21-13-17(19-9-6-12-24-19)22-10-3-4-11-22;/h5-9,12,17H,3-4,10-11,13-14H2,1-2H3,(H,21,23);1H. The number of carbonyl (C=O) groups is 1. The number of carbonyl (C=O) groups excluding carboxylic acids is 1. The van der Waals surface area contributed by atoms with Crippen LogP contribution in [0.25, 0.3) is 0 Å². The van der Waals surface area contributed by atoms with E-state index in [1.54, 1.807) is 6.26 Å². The molecule has 0 radical (unpaired) electrons. The van der Waals surface area contributed by atoms with E-state index >= 15 is 0 Å². The van der Waals surface area contributed by atoms with Crippen molar-refractivity contribution in [2.75, 3.05) is 26.2 Å². The van der Waals surface area contributed by atoms with Crippen LogP contribution in [0.15, 0.2) is 41.0 Å². The maximum Gasteiger partial charge on any atom is 0.258 e. The molecular weight excluding hydrogens is 352 g/mol. The van der Waals surface area contributed by atoms with Gasteiger partial charge in [0.1, 0.15) is 11.5 Å². The van der Waals surface area contributed by atoms with E-state index in [4.69, 9.17) is 9.15 Å². The lowest BCUT2D eigenvalue weighted by Crippen LogP contribution is -2.38. The average molecular weight is 379 g/mol. The molecule has 0 spiro atoms. The molecule has 0 saturated carbocycles. The minimum atomic E-state index is -0.114. The first kappa shape index (κ1) is 20.3. The fourth-order valence-electron chi connectivity index (χ4n) is 3.23. The Bertz CT molecular complexity index is 697. The zero-order valence-corrected chi connectivity index (χ0v) is 16.2. The van der Waals surface area contributed by atoms with Crippen molar-refractivity contribution >= 4 is 18.3 Å². The second-order valence-corrected chi connectivity index (χ2v) is 6.57. The van der Waals surface area contributed by atoms with E-state index < -0.39 is 0 Å². The van der Waals surface area contributed by atoms with E-state index in [1.165, 1.54) is 12.8 Å². The van der Waals surface area contributed by atoms with Gasteiger partial charge in [-0.2, -0.15) is 0 Å². The van der Waals surface area contributed by atoms with E-state index in [9.17, 15) is 4.79 Å². The number of hydrogen-bond donors (Lipinski definition) is 1. The van der Waals surface area contributed by atoms with Crippen molar-refractivity contribution in [3.05, 3.63) is 53.5 Å². The average Bonchev–Trinajstić information content (AvgIpc) is 3.30. The van der Waals surface area contributed by atoms with Gasteiger partial charge in [-0.1, -0.05) is 12.1 Å². The molecule has 1 unspecified atom stereocenters. The molecule has 26 heavy (non-hydrogen) atoms. The third-order valence-corrected chi connectivity index (χ3v) is 4.86. The predicted octanol–water partition coefficient (Wildman–Crippen LogP) is 3.65. The molecule has 1 saturated heterocycles. The normalized spacial score (nSPS) is 15.3. The summed E-state index contributed by atoms with van der Waals surface area (Å²) in [5, 5.41) is 2.99. The summed E-state index contributed by atoms with van der Waals surface area (Å²) in [6, 6.07) is 9.82. The lowest BCUT2D eigenvalue weighted by atomic mass is 10.1. The molecule has 5 nitrogen and oxygen atoms in total. The number of benzene rings is 1. The highest BCUT2D eigenvalue weighted by molar-refractivity contribution is 5.85. The summed E-state index contributed by atoms with van der Waals surface area (Å²) in [4.78, 5) is 14.6. The Kier molecular flexibility index (Phi) is 7.54. The smallest absolute Gasteiger partial charge is 0.258 e. The lowest BCUT2D eigenvalue weighted by Gasteiger charge is -2.26. The Morgan fingerprint density at radius 2 is 2.00 bits per heavy atom. The number of rotatable bonds is 7. The lowest BCUT2D eigenvalue weighted by molar-refractivity contribution is -0.123. The highest BCUT2D eigenvalue weighted by Gasteiger charge is 2.25. The van der Waals surface area contributed by atoms with Crippen molar-refractivity contribution in [1.29, 1.82) is 0 Å². The third-order valence-electron chi connectivity index (χ3n) is 4.86. The first-order valence-corrected chi connectivity index (χ1v) is 8.88. The van der Waals surface area contributed by atoms with Crippen molar-refractivity contribution in [2.24, 2.45) is 0 Å². The fourth-order valence-corrected chi connectivity index (χ4v) is 3.23. The minimum Gasteiger partial charge on any atom is -0.483 e. The van der Waals surface area contributed by atoms with Crippen molar-refractivity contribution in [3.63, 3.8) is 0 Å². The van der Waals surface area contributed by atoms with Gasteiger partial charge in [-0.15, -0.1) is 12.4 Å². The van der Waals surface area contributed by atoms with E-state index in [0.29, 0.717) is 6.54 Å². The number of amides is 1. The van der Waals surface area contributed by atoms with Gasteiger partial charge in [-0.05, 0) is 69.1 Å². The van der Waals surface area contributed by atoms with E-state index in [2.05, 4.69) is 10.2 Å². The molecule has 3 rings (SSSR count). The molecule has 1 aromatic heterocycles. The van der Waals surface area contributed by atoms with Gasteiger partial charge in [-0.3, -0.25) is 9.69 Å². The van der Waals surface area contributed by atoms with Crippen molar-refractivity contribution < 1.29 is 13.9 Å². The molecule has 6 heteroatoms. The molecule has 1 aromatic carbocycles. The Morgan fingerprint density at radius 3 is 2.69 bits per heavy atom. The topological polar surface area (TPSA) is 54.7 Å². The number of aryl methyl sites for hydroxylation is 1. The summed E-state index contributed by atoms with van der Waals surface area (Å²) in [5.41, 5.74) is 2.23. The SMILES string of the molecule is Cc1cccc(OCC(=O)NCC(c2ccco2)N2CCCC2)c1C.Cl. The Morgan fingerprint density at radius 1 is 1.23 bits per heavy atom. The number of nitrogens with zero attached hydrogens (tertiary/aromatic N) is 1. The molecule has 1 amide bonds. The van der Waals surface area contributed by atoms with Gasteiger partial charge < -0.3 is 14.5 Å². The van der Waals surface area contributed by atoms with Crippen LogP contribution in [0, 0.1) is 13.8 Å². The van der Waals surface area contributed by atoms with E-state index in [0.717, 1.165) is 35.7 Å². The van der Waals surface area contributed by atoms with Gasteiger partial charge in [0.05, 0.1) is 12.3 Å². The maximum atomic E-state index is 12.2. The fraction of sp³-hybridized carbons (Fsp3) is 0.450. The first-order valence-electron chi connectivity index (χ1n) is 8.88. The summed E-state index contributed by atoms with van der Waals surface area (Å²) >= 11 is 0. The molecule has 2 heterocycles. The summed E-state index contributed by atoms with van der Waals surface area (Å²) < 4.78 is 11.3. The quantitative estimate of drug-likeness (QED) is 0.799. The summed E-state index contributed by atoms with van der Waals surface area (Å²) in [6.07, 6.45) is 4.08. The summed E-state index contributed by atoms with van der Waals surface area (Å²) in [7, 11) is 0. The zero-order valence-electron chi connectivity index (χ0n) is 15.4. The number of halogens is 1. The minimum absolute atomic E-state index is 0. The largest absolute Gasteiger partial charge is 0.483 e. The molecule has 1 atom stereocenters. The highest BCUT2D eigenvalue weighted by Crippen LogP contribution is 2.25. The van der Waals surface area contributed by atoms with Crippen molar-refractivity contribution in [2.45, 2.75) is 32.7 Å². The van der Waals surface area contributed by atoms with Gasteiger partial charge in [0.2, 0.25) is 0 Å². The molecule has 0 aliphatic carbocycles. The van der Waals surface area contributed by atoms with Gasteiger partial charge in [0.15, 0.2) is 6.61 Å². The number of hydrogen-bond acceptors (Lipinski definition) is 4. The van der Waals surface area contributed by atoms with Crippen LogP contribution in [-0.2, 0) is 4.79 Å². The second kappa shape index (κ2) is 9.64. The number of ether oxygens (including phenoxy) is 1. The van der Waals surface area contributed by atoms with Crippen LogP contribution >= 0.6 is 12.4 Å². The number of nitrogens with one attached hydrogen (secondary N) is 1. The molecule has 1 aliphatic heterocycles. The van der Waals surface area contributed by atoms with Crippen LogP contribution in [-0.4, -0.2) is 37.0 Å². The van der Waals surface area contributed by atoms with Gasteiger partial charge in [0, 0.05) is 6.54 Å².